The van der Waals surface area contributed by atoms with Gasteiger partial charge in [-0.15, -0.1) is 0 Å². The molecule has 0 aliphatic heterocycles. The fraction of sp³-hybridized carbons (Fsp3) is 0.0704. The summed E-state index contributed by atoms with van der Waals surface area (Å²) in [5.41, 5.74) is 21.4. The number of rotatable bonds is 8. The molecule has 0 saturated carbocycles. The van der Waals surface area contributed by atoms with Gasteiger partial charge >= 0.3 is 0 Å². The highest BCUT2D eigenvalue weighted by molar-refractivity contribution is 6.18. The van der Waals surface area contributed by atoms with Crippen molar-refractivity contribution in [2.45, 2.75) is 31.6 Å². The van der Waals surface area contributed by atoms with Gasteiger partial charge in [-0.25, -0.2) is 0 Å². The molecule has 3 nitrogen and oxygen atoms in total. The van der Waals surface area contributed by atoms with Crippen LogP contribution in [-0.2, 0) is 10.8 Å². The van der Waals surface area contributed by atoms with Crippen molar-refractivity contribution in [1.29, 1.82) is 0 Å². The molecule has 0 amide bonds. The molecule has 14 rings (SSSR count). The topological polar surface area (TPSA) is 29.5 Å². The van der Waals surface area contributed by atoms with Crippen LogP contribution < -0.4 is 4.90 Å². The van der Waals surface area contributed by atoms with Gasteiger partial charge in [-0.1, -0.05) is 209 Å². The molecular weight excluding hydrogens is 899 g/mol. The van der Waals surface area contributed by atoms with E-state index in [1.807, 2.05) is 0 Å². The minimum absolute atomic E-state index is 0.0571. The number of hydrogen-bond donors (Lipinski definition) is 0. The largest absolute Gasteiger partial charge is 0.456 e. The molecule has 2 heterocycles. The molecule has 0 atom stereocenters. The third-order valence-corrected chi connectivity index (χ3v) is 15.5. The summed E-state index contributed by atoms with van der Waals surface area (Å²) in [5, 5.41) is 4.18. The van der Waals surface area contributed by atoms with E-state index in [0.717, 1.165) is 77.6 Å². The average molecular weight is 950 g/mol. The quantitative estimate of drug-likeness (QED) is 0.152. The molecule has 352 valence electrons. The molecule has 13 aromatic rings. The summed E-state index contributed by atoms with van der Waals surface area (Å²) >= 11 is 0. The minimum atomic E-state index is -0.662. The summed E-state index contributed by atoms with van der Waals surface area (Å²) in [6.07, 6.45) is 0. The fourth-order valence-corrected chi connectivity index (χ4v) is 12.0. The molecule has 74 heavy (non-hydrogen) atoms. The standard InChI is InChI=1S/C71H51NO2/c1-70(2,3)52-38-34-48(35-39-52)51-37-41-65-59(44-51)69-63(31-17-33-67(69)74-65)72(62-30-16-32-66-68(62)58-43-50(36-40-64(58)73-66)47-20-8-5-9-21-47)55-25-15-24-54(45-55)71(53-23-14-22-49(42-53)46-18-6-4-7-19-46)60-28-12-10-26-56(60)57-27-11-13-29-61(57)71/h4-45H,1-3H3. The Morgan fingerprint density at radius 3 is 1.31 bits per heavy atom. The molecule has 0 unspecified atom stereocenters. The molecule has 0 spiro atoms. The molecule has 3 heteroatoms. The van der Waals surface area contributed by atoms with Gasteiger partial charge in [-0.05, 0) is 144 Å². The van der Waals surface area contributed by atoms with Gasteiger partial charge in [0.25, 0.3) is 0 Å². The van der Waals surface area contributed by atoms with Gasteiger partial charge in [-0.2, -0.15) is 0 Å². The van der Waals surface area contributed by atoms with Crippen LogP contribution in [0.2, 0.25) is 0 Å². The molecule has 0 bridgehead atoms. The molecule has 0 N–H and O–H groups in total. The highest BCUT2D eigenvalue weighted by atomic mass is 16.3. The Labute approximate surface area is 431 Å². The van der Waals surface area contributed by atoms with Gasteiger partial charge in [0.05, 0.1) is 27.6 Å². The zero-order chi connectivity index (χ0) is 49.5. The van der Waals surface area contributed by atoms with Crippen molar-refractivity contribution in [1.82, 2.24) is 0 Å². The summed E-state index contributed by atoms with van der Waals surface area (Å²) in [4.78, 5) is 2.46. The highest BCUT2D eigenvalue weighted by Gasteiger charge is 2.46. The Hall–Kier alpha value is -9.18. The molecule has 0 saturated heterocycles. The minimum Gasteiger partial charge on any atom is -0.456 e. The molecular formula is C71H51NO2. The van der Waals surface area contributed by atoms with E-state index in [0.29, 0.717) is 0 Å². The number of hydrogen-bond acceptors (Lipinski definition) is 3. The summed E-state index contributed by atoms with van der Waals surface area (Å²) in [6.45, 7) is 6.79. The second-order valence-electron chi connectivity index (χ2n) is 20.8. The first-order valence-electron chi connectivity index (χ1n) is 25.6. The third kappa shape index (κ3) is 6.88. The SMILES string of the molecule is CC(C)(C)c1ccc(-c2ccc3oc4cccc(N(c5cccc(C6(c7cccc(-c8ccccc8)c7)c7ccccc7-c7ccccc76)c5)c5cccc6oc7ccc(-c8ccccc8)cc7c56)c4c3c2)cc1. The van der Waals surface area contributed by atoms with Crippen molar-refractivity contribution < 1.29 is 8.83 Å². The lowest BCUT2D eigenvalue weighted by molar-refractivity contribution is 0.590. The normalized spacial score (nSPS) is 12.9. The van der Waals surface area contributed by atoms with Crippen LogP contribution in [0.5, 0.6) is 0 Å². The van der Waals surface area contributed by atoms with Crippen LogP contribution >= 0.6 is 0 Å². The monoisotopic (exact) mass is 949 g/mol. The van der Waals surface area contributed by atoms with Crippen molar-refractivity contribution in [3.63, 3.8) is 0 Å². The maximum Gasteiger partial charge on any atom is 0.137 e. The second-order valence-corrected chi connectivity index (χ2v) is 20.8. The van der Waals surface area contributed by atoms with Crippen LogP contribution in [-0.4, -0.2) is 0 Å². The number of benzene rings is 11. The van der Waals surface area contributed by atoms with E-state index in [1.165, 1.54) is 55.6 Å². The first-order valence-corrected chi connectivity index (χ1v) is 25.6. The van der Waals surface area contributed by atoms with Crippen molar-refractivity contribution >= 4 is 60.9 Å². The number of fused-ring (bicyclic) bond motifs is 9. The summed E-state index contributed by atoms with van der Waals surface area (Å²) in [6, 6.07) is 93.0. The summed E-state index contributed by atoms with van der Waals surface area (Å²) < 4.78 is 13.6. The highest BCUT2D eigenvalue weighted by Crippen LogP contribution is 2.57. The van der Waals surface area contributed by atoms with Crippen molar-refractivity contribution in [3.05, 3.63) is 283 Å². The molecule has 0 fully saturated rings. The Morgan fingerprint density at radius 1 is 0.338 bits per heavy atom. The van der Waals surface area contributed by atoms with Crippen molar-refractivity contribution in [2.75, 3.05) is 4.90 Å². The van der Waals surface area contributed by atoms with E-state index in [2.05, 4.69) is 280 Å². The van der Waals surface area contributed by atoms with E-state index in [9.17, 15) is 0 Å². The van der Waals surface area contributed by atoms with Crippen LogP contribution in [0.25, 0.3) is 88.4 Å². The lowest BCUT2D eigenvalue weighted by Crippen LogP contribution is -2.29. The average Bonchev–Trinajstić information content (AvgIpc) is 4.13. The van der Waals surface area contributed by atoms with Gasteiger partial charge < -0.3 is 13.7 Å². The molecule has 1 aliphatic rings. The number of anilines is 3. The van der Waals surface area contributed by atoms with Crippen LogP contribution in [0.3, 0.4) is 0 Å². The van der Waals surface area contributed by atoms with E-state index in [-0.39, 0.29) is 5.41 Å². The van der Waals surface area contributed by atoms with E-state index in [4.69, 9.17) is 8.83 Å². The predicted octanol–water partition coefficient (Wildman–Crippen LogP) is 19.6. The van der Waals surface area contributed by atoms with Crippen LogP contribution in [0.4, 0.5) is 17.1 Å². The lowest BCUT2D eigenvalue weighted by Gasteiger charge is -2.35. The fourth-order valence-electron chi connectivity index (χ4n) is 12.0. The smallest absolute Gasteiger partial charge is 0.137 e. The van der Waals surface area contributed by atoms with Crippen molar-refractivity contribution in [3.8, 4) is 44.5 Å². The Balaban J connectivity index is 1.05. The number of furan rings is 2. The van der Waals surface area contributed by atoms with Gasteiger partial charge in [0.15, 0.2) is 0 Å². The second kappa shape index (κ2) is 17.0. The first-order chi connectivity index (χ1) is 36.3. The molecule has 0 radical (unpaired) electrons. The maximum atomic E-state index is 6.84. The number of nitrogens with zero attached hydrogens (tertiary/aromatic N) is 1. The first kappa shape index (κ1) is 43.6. The molecule has 2 aromatic heterocycles. The predicted molar refractivity (Wildman–Crippen MR) is 308 cm³/mol. The zero-order valence-corrected chi connectivity index (χ0v) is 41.5. The van der Waals surface area contributed by atoms with E-state index in [1.54, 1.807) is 0 Å². The zero-order valence-electron chi connectivity index (χ0n) is 41.5. The van der Waals surface area contributed by atoms with Gasteiger partial charge in [0, 0.05) is 16.5 Å². The third-order valence-electron chi connectivity index (χ3n) is 15.5. The van der Waals surface area contributed by atoms with E-state index >= 15 is 0 Å². The summed E-state index contributed by atoms with van der Waals surface area (Å²) in [5.74, 6) is 0. The molecule has 11 aromatic carbocycles. The Bertz CT molecular complexity index is 4240. The van der Waals surface area contributed by atoms with Gasteiger partial charge in [0.1, 0.15) is 22.3 Å². The van der Waals surface area contributed by atoms with E-state index < -0.39 is 5.41 Å². The Morgan fingerprint density at radius 2 is 0.770 bits per heavy atom. The van der Waals surface area contributed by atoms with Crippen molar-refractivity contribution in [2.24, 2.45) is 0 Å². The lowest BCUT2D eigenvalue weighted by atomic mass is 9.67. The van der Waals surface area contributed by atoms with Crippen LogP contribution in [0.1, 0.15) is 48.6 Å². The van der Waals surface area contributed by atoms with Crippen LogP contribution in [0, 0.1) is 0 Å². The van der Waals surface area contributed by atoms with Crippen LogP contribution in [0.15, 0.2) is 264 Å². The van der Waals surface area contributed by atoms with Gasteiger partial charge in [0.2, 0.25) is 0 Å². The molecule has 1 aliphatic carbocycles. The summed E-state index contributed by atoms with van der Waals surface area (Å²) in [7, 11) is 0. The van der Waals surface area contributed by atoms with Gasteiger partial charge in [-0.3, -0.25) is 0 Å². The maximum absolute atomic E-state index is 6.84. The Kier molecular flexibility index (Phi) is 10.00.